The van der Waals surface area contributed by atoms with Gasteiger partial charge in [-0.15, -0.1) is 0 Å². The van der Waals surface area contributed by atoms with Crippen molar-refractivity contribution >= 4 is 5.91 Å². The molecular formula is C15H22N2O2. The summed E-state index contributed by atoms with van der Waals surface area (Å²) < 4.78 is 0. The Morgan fingerprint density at radius 2 is 1.95 bits per heavy atom. The highest BCUT2D eigenvalue weighted by Crippen LogP contribution is 2.11. The summed E-state index contributed by atoms with van der Waals surface area (Å²) in [4.78, 5) is 14.3. The summed E-state index contributed by atoms with van der Waals surface area (Å²) >= 11 is 0. The standard InChI is InChI=1S/C15H22N2O2/c1-12(11-17-8-2-3-9-17)10-16-15(19)13-4-6-14(18)7-5-13/h4-7,12,18H,2-3,8-11H2,1H3,(H,16,19). The topological polar surface area (TPSA) is 52.6 Å². The molecule has 1 fully saturated rings. The van der Waals surface area contributed by atoms with Crippen molar-refractivity contribution in [3.63, 3.8) is 0 Å². The third-order valence-corrected chi connectivity index (χ3v) is 3.51. The highest BCUT2D eigenvalue weighted by atomic mass is 16.3. The minimum Gasteiger partial charge on any atom is -0.508 e. The molecular weight excluding hydrogens is 240 g/mol. The lowest BCUT2D eigenvalue weighted by Crippen LogP contribution is -2.34. The number of phenols is 1. The van der Waals surface area contributed by atoms with Crippen molar-refractivity contribution in [3.8, 4) is 5.75 Å². The van der Waals surface area contributed by atoms with Crippen molar-refractivity contribution in [2.75, 3.05) is 26.2 Å². The number of carbonyl (C=O) groups excluding carboxylic acids is 1. The van der Waals surface area contributed by atoms with Crippen LogP contribution in [0.4, 0.5) is 0 Å². The van der Waals surface area contributed by atoms with E-state index in [0.29, 0.717) is 18.0 Å². The van der Waals surface area contributed by atoms with E-state index in [1.807, 2.05) is 0 Å². The molecule has 1 aliphatic heterocycles. The fourth-order valence-corrected chi connectivity index (χ4v) is 2.45. The van der Waals surface area contributed by atoms with E-state index < -0.39 is 0 Å². The maximum Gasteiger partial charge on any atom is 0.251 e. The second-order valence-electron chi connectivity index (χ2n) is 5.37. The number of carbonyl (C=O) groups is 1. The van der Waals surface area contributed by atoms with Gasteiger partial charge in [0.1, 0.15) is 5.75 Å². The number of hydrogen-bond acceptors (Lipinski definition) is 3. The van der Waals surface area contributed by atoms with E-state index in [4.69, 9.17) is 0 Å². The first-order chi connectivity index (χ1) is 9.15. The van der Waals surface area contributed by atoms with Crippen molar-refractivity contribution < 1.29 is 9.90 Å². The van der Waals surface area contributed by atoms with Gasteiger partial charge in [-0.3, -0.25) is 4.79 Å². The van der Waals surface area contributed by atoms with Crippen molar-refractivity contribution in [2.45, 2.75) is 19.8 Å². The van der Waals surface area contributed by atoms with Gasteiger partial charge in [0.2, 0.25) is 0 Å². The average Bonchev–Trinajstić information content (AvgIpc) is 2.89. The summed E-state index contributed by atoms with van der Waals surface area (Å²) in [6.07, 6.45) is 2.60. The lowest BCUT2D eigenvalue weighted by atomic mass is 10.1. The van der Waals surface area contributed by atoms with Crippen molar-refractivity contribution in [1.29, 1.82) is 0 Å². The van der Waals surface area contributed by atoms with Crippen LogP contribution in [0.5, 0.6) is 5.75 Å². The van der Waals surface area contributed by atoms with E-state index >= 15 is 0 Å². The Kier molecular flexibility index (Phi) is 4.80. The fourth-order valence-electron chi connectivity index (χ4n) is 2.45. The molecule has 0 aromatic heterocycles. The van der Waals surface area contributed by atoms with Crippen molar-refractivity contribution in [1.82, 2.24) is 10.2 Å². The number of rotatable bonds is 5. The minimum atomic E-state index is -0.0757. The summed E-state index contributed by atoms with van der Waals surface area (Å²) in [6.45, 7) is 6.29. The van der Waals surface area contributed by atoms with Crippen LogP contribution in [-0.4, -0.2) is 42.1 Å². The summed E-state index contributed by atoms with van der Waals surface area (Å²) in [6, 6.07) is 6.33. The predicted molar refractivity (Wildman–Crippen MR) is 75.3 cm³/mol. The van der Waals surface area contributed by atoms with Crippen molar-refractivity contribution in [2.24, 2.45) is 5.92 Å². The maximum atomic E-state index is 11.9. The second kappa shape index (κ2) is 6.57. The minimum absolute atomic E-state index is 0.0757. The fraction of sp³-hybridized carbons (Fsp3) is 0.533. The maximum absolute atomic E-state index is 11.9. The van der Waals surface area contributed by atoms with Gasteiger partial charge >= 0.3 is 0 Å². The second-order valence-corrected chi connectivity index (χ2v) is 5.37. The Morgan fingerprint density at radius 3 is 2.58 bits per heavy atom. The van der Waals surface area contributed by atoms with E-state index in [1.54, 1.807) is 12.1 Å². The SMILES string of the molecule is CC(CNC(=O)c1ccc(O)cc1)CN1CCCC1. The average molecular weight is 262 g/mol. The molecule has 4 heteroatoms. The van der Waals surface area contributed by atoms with Crippen LogP contribution < -0.4 is 5.32 Å². The van der Waals surface area contributed by atoms with Gasteiger partial charge in [-0.05, 0) is 56.1 Å². The Hall–Kier alpha value is -1.55. The van der Waals surface area contributed by atoms with Gasteiger partial charge in [0.15, 0.2) is 0 Å². The molecule has 1 amide bonds. The zero-order valence-corrected chi connectivity index (χ0v) is 11.4. The molecule has 0 aliphatic carbocycles. The number of hydrogen-bond donors (Lipinski definition) is 2. The molecule has 1 aromatic carbocycles. The van der Waals surface area contributed by atoms with Gasteiger partial charge in [-0.2, -0.15) is 0 Å². The molecule has 1 saturated heterocycles. The molecule has 0 radical (unpaired) electrons. The zero-order chi connectivity index (χ0) is 13.7. The Morgan fingerprint density at radius 1 is 1.32 bits per heavy atom. The molecule has 1 aromatic rings. The lowest BCUT2D eigenvalue weighted by molar-refractivity contribution is 0.0945. The third kappa shape index (κ3) is 4.24. The molecule has 1 aliphatic rings. The van der Waals surface area contributed by atoms with E-state index in [0.717, 1.165) is 6.54 Å². The zero-order valence-electron chi connectivity index (χ0n) is 11.4. The molecule has 19 heavy (non-hydrogen) atoms. The van der Waals surface area contributed by atoms with E-state index in [1.165, 1.54) is 38.1 Å². The summed E-state index contributed by atoms with van der Waals surface area (Å²) in [7, 11) is 0. The van der Waals surface area contributed by atoms with Crippen LogP contribution in [0.25, 0.3) is 0 Å². The van der Waals surface area contributed by atoms with Gasteiger partial charge in [-0.1, -0.05) is 6.92 Å². The van der Waals surface area contributed by atoms with Crippen LogP contribution >= 0.6 is 0 Å². The molecule has 104 valence electrons. The molecule has 0 bridgehead atoms. The largest absolute Gasteiger partial charge is 0.508 e. The normalized spacial score (nSPS) is 17.3. The van der Waals surface area contributed by atoms with Gasteiger partial charge < -0.3 is 15.3 Å². The van der Waals surface area contributed by atoms with Crippen LogP contribution in [0.15, 0.2) is 24.3 Å². The van der Waals surface area contributed by atoms with Crippen LogP contribution in [-0.2, 0) is 0 Å². The summed E-state index contributed by atoms with van der Waals surface area (Å²) in [5.41, 5.74) is 0.589. The number of phenolic OH excluding ortho intramolecular Hbond substituents is 1. The lowest BCUT2D eigenvalue weighted by Gasteiger charge is -2.20. The van der Waals surface area contributed by atoms with Gasteiger partial charge in [0.25, 0.3) is 5.91 Å². The number of nitrogens with one attached hydrogen (secondary N) is 1. The predicted octanol–water partition coefficient (Wildman–Crippen LogP) is 1.85. The van der Waals surface area contributed by atoms with Gasteiger partial charge in [-0.25, -0.2) is 0 Å². The molecule has 1 unspecified atom stereocenters. The summed E-state index contributed by atoms with van der Waals surface area (Å²) in [5, 5.41) is 12.1. The number of nitrogens with zero attached hydrogens (tertiary/aromatic N) is 1. The Balaban J connectivity index is 1.74. The number of aromatic hydroxyl groups is 1. The molecule has 0 saturated carbocycles. The molecule has 2 N–H and O–H groups in total. The van der Waals surface area contributed by atoms with E-state index in [9.17, 15) is 9.90 Å². The quantitative estimate of drug-likeness (QED) is 0.851. The monoisotopic (exact) mass is 262 g/mol. The first-order valence-corrected chi connectivity index (χ1v) is 6.95. The van der Waals surface area contributed by atoms with E-state index in [-0.39, 0.29) is 11.7 Å². The molecule has 0 spiro atoms. The highest BCUT2D eigenvalue weighted by Gasteiger charge is 2.15. The Labute approximate surface area is 114 Å². The van der Waals surface area contributed by atoms with Gasteiger partial charge in [0, 0.05) is 18.7 Å². The molecule has 2 rings (SSSR count). The van der Waals surface area contributed by atoms with Crippen LogP contribution in [0, 0.1) is 5.92 Å². The molecule has 4 nitrogen and oxygen atoms in total. The number of amides is 1. The van der Waals surface area contributed by atoms with Gasteiger partial charge in [0.05, 0.1) is 0 Å². The highest BCUT2D eigenvalue weighted by molar-refractivity contribution is 5.94. The van der Waals surface area contributed by atoms with Crippen molar-refractivity contribution in [3.05, 3.63) is 29.8 Å². The summed E-state index contributed by atoms with van der Waals surface area (Å²) in [5.74, 6) is 0.561. The van der Waals surface area contributed by atoms with Crippen LogP contribution in [0.1, 0.15) is 30.1 Å². The molecule has 1 heterocycles. The Bertz CT molecular complexity index is 411. The first-order valence-electron chi connectivity index (χ1n) is 6.95. The van der Waals surface area contributed by atoms with Crippen LogP contribution in [0.3, 0.4) is 0 Å². The first kappa shape index (κ1) is 13.9. The number of benzene rings is 1. The van der Waals surface area contributed by atoms with Crippen LogP contribution in [0.2, 0.25) is 0 Å². The third-order valence-electron chi connectivity index (χ3n) is 3.51. The number of likely N-dealkylation sites (tertiary alicyclic amines) is 1. The smallest absolute Gasteiger partial charge is 0.251 e. The van der Waals surface area contributed by atoms with E-state index in [2.05, 4.69) is 17.1 Å². The molecule has 1 atom stereocenters.